The average molecular weight is 183 g/mol. The Morgan fingerprint density at radius 3 is 2.46 bits per heavy atom. The van der Waals surface area contributed by atoms with Gasteiger partial charge in [-0.1, -0.05) is 6.58 Å². The molecule has 0 radical (unpaired) electrons. The van der Waals surface area contributed by atoms with Crippen molar-refractivity contribution in [3.05, 3.63) is 12.3 Å². The minimum Gasteiger partial charge on any atom is -0.390 e. The van der Waals surface area contributed by atoms with Gasteiger partial charge in [0.05, 0.1) is 6.61 Å². The van der Waals surface area contributed by atoms with E-state index in [2.05, 4.69) is 11.5 Å². The van der Waals surface area contributed by atoms with Gasteiger partial charge in [0, 0.05) is 24.7 Å². The summed E-state index contributed by atoms with van der Waals surface area (Å²) in [6, 6.07) is 0. The molecule has 0 saturated carbocycles. The number of hydrogen-bond acceptors (Lipinski definition) is 3. The molecule has 1 aliphatic heterocycles. The maximum atomic E-state index is 11.1. The van der Waals surface area contributed by atoms with Crippen LogP contribution in [-0.2, 0) is 4.79 Å². The van der Waals surface area contributed by atoms with Gasteiger partial charge in [-0.15, -0.1) is 0 Å². The van der Waals surface area contributed by atoms with E-state index in [0.717, 1.165) is 31.6 Å². The molecule has 1 fully saturated rings. The molecule has 1 N–H and O–H groups in total. The van der Waals surface area contributed by atoms with E-state index in [4.69, 9.17) is 5.11 Å². The molecule has 0 atom stereocenters. The van der Waals surface area contributed by atoms with Crippen molar-refractivity contribution in [2.45, 2.75) is 19.8 Å². The topological polar surface area (TPSA) is 40.5 Å². The monoisotopic (exact) mass is 183 g/mol. The predicted molar refractivity (Wildman–Crippen MR) is 51.2 cm³/mol. The molecule has 3 heteroatoms. The van der Waals surface area contributed by atoms with Gasteiger partial charge in [-0.25, -0.2) is 0 Å². The Morgan fingerprint density at radius 1 is 1.54 bits per heavy atom. The number of hydrogen-bond donors (Lipinski definition) is 1. The van der Waals surface area contributed by atoms with Gasteiger partial charge in [0.25, 0.3) is 0 Å². The first-order valence-electron chi connectivity index (χ1n) is 4.69. The minimum absolute atomic E-state index is 0.0186. The summed E-state index contributed by atoms with van der Waals surface area (Å²) in [4.78, 5) is 13.1. The zero-order valence-electron chi connectivity index (χ0n) is 8.12. The van der Waals surface area contributed by atoms with Gasteiger partial charge in [0.15, 0.2) is 0 Å². The van der Waals surface area contributed by atoms with Crippen LogP contribution in [-0.4, -0.2) is 35.5 Å². The van der Waals surface area contributed by atoms with Crippen LogP contribution in [0.3, 0.4) is 0 Å². The lowest BCUT2D eigenvalue weighted by atomic mass is 9.93. The second-order valence-electron chi connectivity index (χ2n) is 3.60. The molecule has 0 aliphatic carbocycles. The van der Waals surface area contributed by atoms with Crippen LogP contribution in [0.15, 0.2) is 12.3 Å². The van der Waals surface area contributed by atoms with Crippen molar-refractivity contribution in [1.82, 2.24) is 4.90 Å². The van der Waals surface area contributed by atoms with E-state index in [-0.39, 0.29) is 18.3 Å². The minimum atomic E-state index is 0.0186. The van der Waals surface area contributed by atoms with Crippen LogP contribution in [0, 0.1) is 5.92 Å². The molecule has 0 amide bonds. The first kappa shape index (κ1) is 10.3. The van der Waals surface area contributed by atoms with Gasteiger partial charge in [-0.05, 0) is 19.8 Å². The fourth-order valence-electron chi connectivity index (χ4n) is 1.70. The van der Waals surface area contributed by atoms with Gasteiger partial charge < -0.3 is 10.0 Å². The second kappa shape index (κ2) is 4.42. The van der Waals surface area contributed by atoms with Gasteiger partial charge in [0.2, 0.25) is 0 Å². The quantitative estimate of drug-likeness (QED) is 0.703. The Kier molecular flexibility index (Phi) is 3.48. The number of likely N-dealkylation sites (tertiary alicyclic amines) is 1. The largest absolute Gasteiger partial charge is 0.390 e. The Labute approximate surface area is 79.0 Å². The molecule has 0 bridgehead atoms. The molecular weight excluding hydrogens is 166 g/mol. The highest BCUT2D eigenvalue weighted by Gasteiger charge is 2.22. The smallest absolute Gasteiger partial charge is 0.133 e. The number of Topliss-reactive ketones (excluding diaryl/α,β-unsaturated/α-hetero) is 1. The van der Waals surface area contributed by atoms with E-state index in [1.807, 2.05) is 0 Å². The lowest BCUT2D eigenvalue weighted by Crippen LogP contribution is -2.35. The lowest BCUT2D eigenvalue weighted by molar-refractivity contribution is -0.121. The van der Waals surface area contributed by atoms with Crippen molar-refractivity contribution in [1.29, 1.82) is 0 Å². The van der Waals surface area contributed by atoms with Crippen molar-refractivity contribution < 1.29 is 9.90 Å². The molecular formula is C10H17NO2. The normalized spacial score (nSPS) is 18.8. The van der Waals surface area contributed by atoms with E-state index in [9.17, 15) is 4.79 Å². The molecule has 1 saturated heterocycles. The average Bonchev–Trinajstić information content (AvgIpc) is 2.17. The van der Waals surface area contributed by atoms with Gasteiger partial charge >= 0.3 is 0 Å². The fourth-order valence-corrected chi connectivity index (χ4v) is 1.70. The summed E-state index contributed by atoms with van der Waals surface area (Å²) in [7, 11) is 0. The molecule has 3 nitrogen and oxygen atoms in total. The Bertz CT molecular complexity index is 205. The molecule has 0 spiro atoms. The summed E-state index contributed by atoms with van der Waals surface area (Å²) in [5, 5.41) is 8.85. The van der Waals surface area contributed by atoms with Crippen LogP contribution in [0.1, 0.15) is 19.8 Å². The first-order valence-corrected chi connectivity index (χ1v) is 4.69. The fraction of sp³-hybridized carbons (Fsp3) is 0.700. The van der Waals surface area contributed by atoms with E-state index in [0.29, 0.717) is 0 Å². The third kappa shape index (κ3) is 2.56. The summed E-state index contributed by atoms with van der Waals surface area (Å²) >= 11 is 0. The Hall–Kier alpha value is -0.830. The third-order valence-electron chi connectivity index (χ3n) is 2.70. The molecule has 0 unspecified atom stereocenters. The molecule has 1 heterocycles. The Balaban J connectivity index is 2.39. The van der Waals surface area contributed by atoms with Crippen LogP contribution < -0.4 is 0 Å². The maximum Gasteiger partial charge on any atom is 0.133 e. The summed E-state index contributed by atoms with van der Waals surface area (Å²) in [6.45, 7) is 7.13. The van der Waals surface area contributed by atoms with E-state index < -0.39 is 0 Å². The van der Waals surface area contributed by atoms with Crippen LogP contribution in [0.25, 0.3) is 0 Å². The highest BCUT2D eigenvalue weighted by molar-refractivity contribution is 5.78. The molecule has 0 aromatic heterocycles. The van der Waals surface area contributed by atoms with Gasteiger partial charge in [-0.2, -0.15) is 0 Å². The SMILES string of the molecule is C=C(CO)N1CCC(C(C)=O)CC1. The number of carbonyl (C=O) groups is 1. The van der Waals surface area contributed by atoms with Crippen molar-refractivity contribution in [3.63, 3.8) is 0 Å². The number of nitrogens with zero attached hydrogens (tertiary/aromatic N) is 1. The standard InChI is InChI=1S/C10H17NO2/c1-8(7-12)11-5-3-10(4-6-11)9(2)13/h10,12H,1,3-7H2,2H3. The van der Waals surface area contributed by atoms with Crippen LogP contribution in [0.5, 0.6) is 0 Å². The molecule has 74 valence electrons. The maximum absolute atomic E-state index is 11.1. The number of carbonyl (C=O) groups excluding carboxylic acids is 1. The van der Waals surface area contributed by atoms with Crippen molar-refractivity contribution in [3.8, 4) is 0 Å². The van der Waals surface area contributed by atoms with Crippen molar-refractivity contribution >= 4 is 5.78 Å². The van der Waals surface area contributed by atoms with Gasteiger partial charge in [0.1, 0.15) is 5.78 Å². The number of piperidine rings is 1. The molecule has 1 aliphatic rings. The predicted octanol–water partition coefficient (Wildman–Crippen LogP) is 0.793. The van der Waals surface area contributed by atoms with Crippen LogP contribution >= 0.6 is 0 Å². The summed E-state index contributed by atoms with van der Waals surface area (Å²) in [5.74, 6) is 0.511. The summed E-state index contributed by atoms with van der Waals surface area (Å²) < 4.78 is 0. The number of aliphatic hydroxyl groups is 1. The van der Waals surface area contributed by atoms with E-state index in [1.165, 1.54) is 0 Å². The first-order chi connectivity index (χ1) is 6.15. The number of ketones is 1. The molecule has 0 aromatic rings. The molecule has 0 aromatic carbocycles. The van der Waals surface area contributed by atoms with E-state index in [1.54, 1.807) is 6.92 Å². The Morgan fingerprint density at radius 2 is 2.08 bits per heavy atom. The summed E-state index contributed by atoms with van der Waals surface area (Å²) in [6.07, 6.45) is 1.79. The van der Waals surface area contributed by atoms with E-state index >= 15 is 0 Å². The number of aliphatic hydroxyl groups excluding tert-OH is 1. The molecule has 13 heavy (non-hydrogen) atoms. The zero-order chi connectivity index (χ0) is 9.84. The lowest BCUT2D eigenvalue weighted by Gasteiger charge is -2.33. The third-order valence-corrected chi connectivity index (χ3v) is 2.70. The highest BCUT2D eigenvalue weighted by Crippen LogP contribution is 2.20. The van der Waals surface area contributed by atoms with Crippen LogP contribution in [0.2, 0.25) is 0 Å². The van der Waals surface area contributed by atoms with Crippen molar-refractivity contribution in [2.24, 2.45) is 5.92 Å². The van der Waals surface area contributed by atoms with Gasteiger partial charge in [-0.3, -0.25) is 4.79 Å². The van der Waals surface area contributed by atoms with Crippen molar-refractivity contribution in [2.75, 3.05) is 19.7 Å². The second-order valence-corrected chi connectivity index (χ2v) is 3.60. The zero-order valence-corrected chi connectivity index (χ0v) is 8.12. The van der Waals surface area contributed by atoms with Crippen LogP contribution in [0.4, 0.5) is 0 Å². The summed E-state index contributed by atoms with van der Waals surface area (Å²) in [5.41, 5.74) is 0.766. The molecule has 1 rings (SSSR count). The number of rotatable bonds is 3. The highest BCUT2D eigenvalue weighted by atomic mass is 16.3.